The molecule has 12 nitrogen and oxygen atoms in total. The lowest BCUT2D eigenvalue weighted by Gasteiger charge is -2.26. The van der Waals surface area contributed by atoms with Crippen LogP contribution < -0.4 is 10.6 Å². The number of rotatable bonds is 13. The Bertz CT molecular complexity index is 730. The number of aliphatic hydroxyl groups excluding tert-OH is 4. The molecule has 0 radical (unpaired) electrons. The number of aliphatic carboxylic acids is 1. The second kappa shape index (κ2) is 13.3. The summed E-state index contributed by atoms with van der Waals surface area (Å²) < 4.78 is 4.92. The zero-order valence-corrected chi connectivity index (χ0v) is 16.5. The number of carbonyl (C=O) groups excluding carboxylic acids is 3. The second-order valence-electron chi connectivity index (χ2n) is 6.60. The van der Waals surface area contributed by atoms with Crippen LogP contribution in [0.4, 0.5) is 4.79 Å². The highest BCUT2D eigenvalue weighted by atomic mass is 16.5. The predicted octanol–water partition coefficient (Wildman–Crippen LogP) is -2.10. The van der Waals surface area contributed by atoms with Gasteiger partial charge in [0.05, 0.1) is 6.61 Å². The first-order valence-corrected chi connectivity index (χ1v) is 9.29. The maximum absolute atomic E-state index is 12.0. The summed E-state index contributed by atoms with van der Waals surface area (Å²) >= 11 is 0. The average Bonchev–Trinajstić information content (AvgIpc) is 2.77. The van der Waals surface area contributed by atoms with Gasteiger partial charge in [0.2, 0.25) is 5.91 Å². The van der Waals surface area contributed by atoms with Crippen molar-refractivity contribution < 1.29 is 49.4 Å². The largest absolute Gasteiger partial charge is 0.480 e. The molecular weight excluding hydrogens is 416 g/mol. The van der Waals surface area contributed by atoms with E-state index in [4.69, 9.17) is 9.84 Å². The molecule has 0 fully saturated rings. The smallest absolute Gasteiger partial charge is 0.408 e. The van der Waals surface area contributed by atoms with E-state index < -0.39 is 61.4 Å². The molecule has 0 spiro atoms. The standard InChI is InChI=1S/C19H26N2O10/c22-8-13(16(26)17(27)14(24)9-23)20-15(25)7-6-12(18(28)29)21-19(30)31-10-11-4-2-1-3-5-11/h1-5,8,12-14,16-17,23-24,26-27H,6-7,9-10H2,(H,20,25)(H,21,30)(H,28,29)/t12-,13-,14+,16+,17+/m0/s1. The van der Waals surface area contributed by atoms with Gasteiger partial charge in [0, 0.05) is 6.42 Å². The van der Waals surface area contributed by atoms with Crippen molar-refractivity contribution in [3.8, 4) is 0 Å². The number of amides is 2. The quantitative estimate of drug-likeness (QED) is 0.166. The molecular formula is C19H26N2O10. The Balaban J connectivity index is 2.53. The molecule has 0 bridgehead atoms. The Morgan fingerprint density at radius 2 is 1.68 bits per heavy atom. The van der Waals surface area contributed by atoms with E-state index in [1.54, 1.807) is 30.3 Å². The lowest BCUT2D eigenvalue weighted by molar-refractivity contribution is -0.139. The van der Waals surface area contributed by atoms with Gasteiger partial charge in [-0.2, -0.15) is 0 Å². The van der Waals surface area contributed by atoms with Gasteiger partial charge in [0.25, 0.3) is 0 Å². The Hall–Kier alpha value is -3.06. The van der Waals surface area contributed by atoms with E-state index >= 15 is 0 Å². The van der Waals surface area contributed by atoms with E-state index in [2.05, 4.69) is 10.6 Å². The first-order chi connectivity index (χ1) is 14.7. The SMILES string of the molecule is O=C[C@H](NC(=O)CC[C@H](NC(=O)OCc1ccccc1)C(=O)O)[C@@H](O)[C@H](O)[C@H](O)CO. The number of nitrogens with one attached hydrogen (secondary N) is 2. The highest BCUT2D eigenvalue weighted by Crippen LogP contribution is 2.06. The number of aliphatic hydroxyl groups is 4. The molecule has 1 rings (SSSR count). The molecule has 0 aliphatic rings. The fraction of sp³-hybridized carbons (Fsp3) is 0.474. The van der Waals surface area contributed by atoms with Crippen LogP contribution in [0.5, 0.6) is 0 Å². The van der Waals surface area contributed by atoms with Crippen LogP contribution in [0, 0.1) is 0 Å². The van der Waals surface area contributed by atoms with Crippen molar-refractivity contribution in [2.45, 2.75) is 49.8 Å². The third-order valence-corrected chi connectivity index (χ3v) is 4.24. The molecule has 7 N–H and O–H groups in total. The molecule has 0 aliphatic heterocycles. The van der Waals surface area contributed by atoms with Crippen LogP contribution in [-0.2, 0) is 25.7 Å². The van der Waals surface area contributed by atoms with Gasteiger partial charge in [-0.1, -0.05) is 30.3 Å². The molecule has 1 aromatic rings. The summed E-state index contributed by atoms with van der Waals surface area (Å²) in [5, 5.41) is 50.9. The predicted molar refractivity (Wildman–Crippen MR) is 104 cm³/mol. The number of hydrogen-bond donors (Lipinski definition) is 7. The summed E-state index contributed by atoms with van der Waals surface area (Å²) in [6, 6.07) is 5.59. The number of ether oxygens (including phenoxy) is 1. The number of hydrogen-bond acceptors (Lipinski definition) is 9. The van der Waals surface area contributed by atoms with Crippen LogP contribution in [0.25, 0.3) is 0 Å². The zero-order chi connectivity index (χ0) is 23.4. The fourth-order valence-corrected chi connectivity index (χ4v) is 2.45. The number of alkyl carbamates (subject to hydrolysis) is 1. The summed E-state index contributed by atoms with van der Waals surface area (Å²) in [4.78, 5) is 46.2. The number of benzene rings is 1. The maximum atomic E-state index is 12.0. The third kappa shape index (κ3) is 9.09. The summed E-state index contributed by atoms with van der Waals surface area (Å²) in [6.45, 7) is -0.968. The van der Waals surface area contributed by atoms with Crippen molar-refractivity contribution in [2.24, 2.45) is 0 Å². The molecule has 0 aromatic heterocycles. The summed E-state index contributed by atoms with van der Waals surface area (Å²) in [5.41, 5.74) is 0.691. The second-order valence-corrected chi connectivity index (χ2v) is 6.60. The molecule has 172 valence electrons. The number of aldehydes is 1. The van der Waals surface area contributed by atoms with Gasteiger partial charge in [0.1, 0.15) is 43.3 Å². The van der Waals surface area contributed by atoms with Crippen LogP contribution in [-0.4, -0.2) is 86.8 Å². The summed E-state index contributed by atoms with van der Waals surface area (Å²) in [5.74, 6) is -2.27. The van der Waals surface area contributed by atoms with Crippen LogP contribution in [0.15, 0.2) is 30.3 Å². The molecule has 0 aliphatic carbocycles. The third-order valence-electron chi connectivity index (χ3n) is 4.24. The number of carboxylic acids is 1. The van der Waals surface area contributed by atoms with Crippen molar-refractivity contribution in [2.75, 3.05) is 6.61 Å². The minimum absolute atomic E-state index is 0.0829. The maximum Gasteiger partial charge on any atom is 0.408 e. The highest BCUT2D eigenvalue weighted by molar-refractivity contribution is 5.83. The molecule has 0 saturated heterocycles. The minimum atomic E-state index is -1.91. The number of carbonyl (C=O) groups is 4. The van der Waals surface area contributed by atoms with Gasteiger partial charge in [-0.25, -0.2) is 9.59 Å². The van der Waals surface area contributed by atoms with Crippen LogP contribution in [0.2, 0.25) is 0 Å². The normalized spacial score (nSPS) is 15.6. The van der Waals surface area contributed by atoms with Gasteiger partial charge < -0.3 is 45.7 Å². The monoisotopic (exact) mass is 442 g/mol. The molecule has 5 atom stereocenters. The Kier molecular flexibility index (Phi) is 11.1. The van der Waals surface area contributed by atoms with Crippen LogP contribution in [0.1, 0.15) is 18.4 Å². The molecule has 12 heteroatoms. The van der Waals surface area contributed by atoms with Crippen molar-refractivity contribution in [1.29, 1.82) is 0 Å². The van der Waals surface area contributed by atoms with Gasteiger partial charge >= 0.3 is 12.1 Å². The van der Waals surface area contributed by atoms with Gasteiger partial charge in [0.15, 0.2) is 0 Å². The fourth-order valence-electron chi connectivity index (χ4n) is 2.45. The topological polar surface area (TPSA) is 203 Å². The van der Waals surface area contributed by atoms with Crippen molar-refractivity contribution in [1.82, 2.24) is 10.6 Å². The van der Waals surface area contributed by atoms with Gasteiger partial charge in [-0.15, -0.1) is 0 Å². The lowest BCUT2D eigenvalue weighted by atomic mass is 10.0. The van der Waals surface area contributed by atoms with E-state index in [1.807, 2.05) is 0 Å². The highest BCUT2D eigenvalue weighted by Gasteiger charge is 2.32. The van der Waals surface area contributed by atoms with Crippen molar-refractivity contribution in [3.05, 3.63) is 35.9 Å². The van der Waals surface area contributed by atoms with Crippen molar-refractivity contribution >= 4 is 24.3 Å². The average molecular weight is 442 g/mol. The summed E-state index contributed by atoms with van der Waals surface area (Å²) in [6.07, 6.45) is -7.25. The van der Waals surface area contributed by atoms with E-state index in [0.29, 0.717) is 5.56 Å². The molecule has 31 heavy (non-hydrogen) atoms. The van der Waals surface area contributed by atoms with Crippen LogP contribution in [0.3, 0.4) is 0 Å². The lowest BCUT2D eigenvalue weighted by Crippen LogP contribution is -2.53. The molecule has 0 unspecified atom stereocenters. The van der Waals surface area contributed by atoms with Crippen molar-refractivity contribution in [3.63, 3.8) is 0 Å². The molecule has 0 saturated carbocycles. The van der Waals surface area contributed by atoms with Gasteiger partial charge in [-0.05, 0) is 12.0 Å². The van der Waals surface area contributed by atoms with E-state index in [9.17, 15) is 39.6 Å². The van der Waals surface area contributed by atoms with Crippen LogP contribution >= 0.6 is 0 Å². The molecule has 1 aromatic carbocycles. The molecule has 2 amide bonds. The first kappa shape index (κ1) is 26.0. The van der Waals surface area contributed by atoms with E-state index in [-0.39, 0.29) is 19.3 Å². The van der Waals surface area contributed by atoms with E-state index in [1.165, 1.54) is 0 Å². The Morgan fingerprint density at radius 1 is 1.03 bits per heavy atom. The molecule has 0 heterocycles. The first-order valence-electron chi connectivity index (χ1n) is 9.29. The zero-order valence-electron chi connectivity index (χ0n) is 16.5. The van der Waals surface area contributed by atoms with E-state index in [0.717, 1.165) is 0 Å². The number of carboxylic acid groups (broad SMARTS) is 1. The minimum Gasteiger partial charge on any atom is -0.480 e. The Morgan fingerprint density at radius 3 is 2.23 bits per heavy atom. The van der Waals surface area contributed by atoms with Gasteiger partial charge in [-0.3, -0.25) is 4.79 Å². The Labute approximate surface area is 177 Å². The summed E-state index contributed by atoms with van der Waals surface area (Å²) in [7, 11) is 0.